The number of rotatable bonds is 7. The first-order chi connectivity index (χ1) is 7.51. The molecule has 0 bridgehead atoms. The second kappa shape index (κ2) is 8.27. The number of urea groups is 1. The average Bonchev–Trinajstić information content (AvgIpc) is 2.22. The Morgan fingerprint density at radius 3 is 2.50 bits per heavy atom. The van der Waals surface area contributed by atoms with Gasteiger partial charge in [0.15, 0.2) is 0 Å². The standard InChI is InChI=1S/C10H20N2O3S/c1-4-12(6-9(13)14)10(15)11-8(3)7-16-5-2/h8H,4-7H2,1-3H3,(H,11,15)(H,13,14). The van der Waals surface area contributed by atoms with Crippen LogP contribution in [-0.2, 0) is 4.79 Å². The number of nitrogens with one attached hydrogen (secondary N) is 1. The number of amides is 2. The van der Waals surface area contributed by atoms with Crippen LogP contribution in [0.4, 0.5) is 4.79 Å². The smallest absolute Gasteiger partial charge is 0.323 e. The molecule has 0 saturated heterocycles. The molecule has 5 nitrogen and oxygen atoms in total. The van der Waals surface area contributed by atoms with Crippen molar-refractivity contribution in [1.82, 2.24) is 10.2 Å². The van der Waals surface area contributed by atoms with Crippen LogP contribution in [0.3, 0.4) is 0 Å². The first kappa shape index (κ1) is 15.1. The highest BCUT2D eigenvalue weighted by Gasteiger charge is 2.16. The van der Waals surface area contributed by atoms with E-state index in [1.807, 2.05) is 6.92 Å². The second-order valence-electron chi connectivity index (χ2n) is 3.42. The number of carbonyl (C=O) groups excluding carboxylic acids is 1. The van der Waals surface area contributed by atoms with Crippen LogP contribution in [0.2, 0.25) is 0 Å². The molecule has 1 unspecified atom stereocenters. The van der Waals surface area contributed by atoms with Crippen LogP contribution < -0.4 is 5.32 Å². The molecule has 0 aliphatic rings. The Labute approximate surface area is 101 Å². The van der Waals surface area contributed by atoms with Crippen molar-refractivity contribution in [3.05, 3.63) is 0 Å². The van der Waals surface area contributed by atoms with Gasteiger partial charge in [-0.2, -0.15) is 11.8 Å². The Balaban J connectivity index is 4.04. The molecule has 0 spiro atoms. The average molecular weight is 248 g/mol. The molecule has 0 aliphatic heterocycles. The molecule has 0 fully saturated rings. The lowest BCUT2D eigenvalue weighted by Crippen LogP contribution is -2.46. The zero-order valence-corrected chi connectivity index (χ0v) is 10.8. The maximum atomic E-state index is 11.6. The summed E-state index contributed by atoms with van der Waals surface area (Å²) in [6.07, 6.45) is 0. The molecule has 2 N–H and O–H groups in total. The Bertz CT molecular complexity index is 236. The molecular weight excluding hydrogens is 228 g/mol. The van der Waals surface area contributed by atoms with Crippen molar-refractivity contribution in [3.8, 4) is 0 Å². The molecule has 0 heterocycles. The minimum absolute atomic E-state index is 0.0558. The molecule has 1 atom stereocenters. The quantitative estimate of drug-likeness (QED) is 0.711. The van der Waals surface area contributed by atoms with Crippen molar-refractivity contribution < 1.29 is 14.7 Å². The largest absolute Gasteiger partial charge is 0.480 e. The summed E-state index contributed by atoms with van der Waals surface area (Å²) in [7, 11) is 0. The lowest BCUT2D eigenvalue weighted by molar-refractivity contribution is -0.137. The van der Waals surface area contributed by atoms with E-state index in [1.165, 1.54) is 4.90 Å². The molecule has 2 amide bonds. The van der Waals surface area contributed by atoms with Gasteiger partial charge in [-0.3, -0.25) is 4.79 Å². The van der Waals surface area contributed by atoms with E-state index in [4.69, 9.17) is 5.11 Å². The molecule has 0 aromatic rings. The van der Waals surface area contributed by atoms with E-state index in [9.17, 15) is 9.59 Å². The van der Waals surface area contributed by atoms with Gasteiger partial charge in [0.25, 0.3) is 0 Å². The third kappa shape index (κ3) is 6.55. The number of thioether (sulfide) groups is 1. The van der Waals surface area contributed by atoms with Gasteiger partial charge in [0, 0.05) is 18.3 Å². The van der Waals surface area contributed by atoms with Crippen LogP contribution in [0.25, 0.3) is 0 Å². The minimum Gasteiger partial charge on any atom is -0.480 e. The van der Waals surface area contributed by atoms with Gasteiger partial charge in [-0.15, -0.1) is 0 Å². The summed E-state index contributed by atoms with van der Waals surface area (Å²) in [4.78, 5) is 23.4. The van der Waals surface area contributed by atoms with Gasteiger partial charge in [0.1, 0.15) is 6.54 Å². The van der Waals surface area contributed by atoms with E-state index in [0.29, 0.717) is 6.54 Å². The summed E-state index contributed by atoms with van der Waals surface area (Å²) in [5.41, 5.74) is 0. The van der Waals surface area contributed by atoms with Gasteiger partial charge in [-0.1, -0.05) is 6.92 Å². The van der Waals surface area contributed by atoms with Crippen molar-refractivity contribution in [2.24, 2.45) is 0 Å². The normalized spacial score (nSPS) is 11.9. The molecule has 16 heavy (non-hydrogen) atoms. The number of carboxylic acid groups (broad SMARTS) is 1. The van der Waals surface area contributed by atoms with Crippen LogP contribution >= 0.6 is 11.8 Å². The van der Waals surface area contributed by atoms with E-state index in [0.717, 1.165) is 11.5 Å². The highest BCUT2D eigenvalue weighted by Crippen LogP contribution is 2.02. The third-order valence-corrected chi connectivity index (χ3v) is 3.08. The number of aliphatic carboxylic acids is 1. The Morgan fingerprint density at radius 2 is 2.06 bits per heavy atom. The van der Waals surface area contributed by atoms with Crippen LogP contribution in [0, 0.1) is 0 Å². The number of carbonyl (C=O) groups is 2. The van der Waals surface area contributed by atoms with Crippen LogP contribution in [0.1, 0.15) is 20.8 Å². The lowest BCUT2D eigenvalue weighted by Gasteiger charge is -2.22. The summed E-state index contributed by atoms with van der Waals surface area (Å²) >= 11 is 1.74. The first-order valence-corrected chi connectivity index (χ1v) is 6.51. The van der Waals surface area contributed by atoms with E-state index in [1.54, 1.807) is 18.7 Å². The number of likely N-dealkylation sites (N-methyl/N-ethyl adjacent to an activating group) is 1. The molecular formula is C10H20N2O3S. The topological polar surface area (TPSA) is 69.6 Å². The molecule has 0 rings (SSSR count). The maximum Gasteiger partial charge on any atom is 0.323 e. The summed E-state index contributed by atoms with van der Waals surface area (Å²) in [5, 5.41) is 11.4. The first-order valence-electron chi connectivity index (χ1n) is 5.36. The Hall–Kier alpha value is -0.910. The van der Waals surface area contributed by atoms with Crippen LogP contribution in [0.15, 0.2) is 0 Å². The highest BCUT2D eigenvalue weighted by molar-refractivity contribution is 7.99. The zero-order valence-electron chi connectivity index (χ0n) is 10.0. The highest BCUT2D eigenvalue weighted by atomic mass is 32.2. The Kier molecular flexibility index (Phi) is 7.80. The van der Waals surface area contributed by atoms with Crippen molar-refractivity contribution in [2.45, 2.75) is 26.8 Å². The molecule has 6 heteroatoms. The molecule has 0 saturated carbocycles. The molecule has 0 aromatic carbocycles. The van der Waals surface area contributed by atoms with E-state index in [-0.39, 0.29) is 18.6 Å². The van der Waals surface area contributed by atoms with Crippen LogP contribution in [-0.4, -0.2) is 52.6 Å². The van der Waals surface area contributed by atoms with Gasteiger partial charge in [-0.05, 0) is 19.6 Å². The summed E-state index contributed by atoms with van der Waals surface area (Å²) in [6.45, 7) is 5.87. The number of nitrogens with zero attached hydrogens (tertiary/aromatic N) is 1. The van der Waals surface area contributed by atoms with Crippen molar-refractivity contribution in [3.63, 3.8) is 0 Å². The molecule has 0 radical (unpaired) electrons. The Morgan fingerprint density at radius 1 is 1.44 bits per heavy atom. The fourth-order valence-corrected chi connectivity index (χ4v) is 1.80. The van der Waals surface area contributed by atoms with Gasteiger partial charge in [0.2, 0.25) is 0 Å². The maximum absolute atomic E-state index is 11.6. The monoisotopic (exact) mass is 248 g/mol. The lowest BCUT2D eigenvalue weighted by atomic mass is 10.4. The number of hydrogen-bond donors (Lipinski definition) is 2. The van der Waals surface area contributed by atoms with Gasteiger partial charge in [-0.25, -0.2) is 4.79 Å². The minimum atomic E-state index is -0.993. The molecule has 0 aliphatic carbocycles. The van der Waals surface area contributed by atoms with E-state index < -0.39 is 5.97 Å². The van der Waals surface area contributed by atoms with E-state index in [2.05, 4.69) is 12.2 Å². The summed E-state index contributed by atoms with van der Waals surface area (Å²) < 4.78 is 0. The SMILES string of the molecule is CCSCC(C)NC(=O)N(CC)CC(=O)O. The molecule has 0 aromatic heterocycles. The predicted octanol–water partition coefficient (Wildman–Crippen LogP) is 1.24. The summed E-state index contributed by atoms with van der Waals surface area (Å²) in [6, 6.07) is -0.255. The number of hydrogen-bond acceptors (Lipinski definition) is 3. The fourth-order valence-electron chi connectivity index (χ4n) is 1.13. The fraction of sp³-hybridized carbons (Fsp3) is 0.800. The van der Waals surface area contributed by atoms with Crippen LogP contribution in [0.5, 0.6) is 0 Å². The summed E-state index contributed by atoms with van der Waals surface area (Å²) in [5.74, 6) is 0.854. The van der Waals surface area contributed by atoms with Crippen molar-refractivity contribution in [2.75, 3.05) is 24.6 Å². The number of carboxylic acids is 1. The second-order valence-corrected chi connectivity index (χ2v) is 4.74. The van der Waals surface area contributed by atoms with Crippen molar-refractivity contribution in [1.29, 1.82) is 0 Å². The van der Waals surface area contributed by atoms with Gasteiger partial charge < -0.3 is 15.3 Å². The zero-order chi connectivity index (χ0) is 12.6. The molecule has 94 valence electrons. The third-order valence-electron chi connectivity index (χ3n) is 1.94. The van der Waals surface area contributed by atoms with E-state index >= 15 is 0 Å². The van der Waals surface area contributed by atoms with Gasteiger partial charge >= 0.3 is 12.0 Å². The van der Waals surface area contributed by atoms with Crippen molar-refractivity contribution >= 4 is 23.8 Å². The van der Waals surface area contributed by atoms with Gasteiger partial charge in [0.05, 0.1) is 0 Å². The predicted molar refractivity (Wildman–Crippen MR) is 65.9 cm³/mol.